The molecule has 17 heavy (non-hydrogen) atoms. The summed E-state index contributed by atoms with van der Waals surface area (Å²) in [5.74, 6) is -0.264. The first kappa shape index (κ1) is 11.8. The Hall–Kier alpha value is -1.69. The molecule has 0 atom stereocenters. The van der Waals surface area contributed by atoms with E-state index in [0.29, 0.717) is 11.1 Å². The number of benzene rings is 1. The molecule has 0 aliphatic heterocycles. The van der Waals surface area contributed by atoms with Crippen LogP contribution in [0.5, 0.6) is 5.75 Å². The van der Waals surface area contributed by atoms with E-state index >= 15 is 0 Å². The lowest BCUT2D eigenvalue weighted by Gasteiger charge is -2.08. The summed E-state index contributed by atoms with van der Waals surface area (Å²) in [5.41, 5.74) is 1.37. The van der Waals surface area contributed by atoms with Gasteiger partial charge in [-0.3, -0.25) is 0 Å². The van der Waals surface area contributed by atoms with E-state index < -0.39 is 6.36 Å². The molecule has 0 fully saturated rings. The second-order valence-corrected chi connectivity index (χ2v) is 3.62. The van der Waals surface area contributed by atoms with E-state index in [0.717, 1.165) is 5.52 Å². The molecule has 0 radical (unpaired) electrons. The highest BCUT2D eigenvalue weighted by Crippen LogP contribution is 2.27. The molecule has 1 aromatic carbocycles. The minimum Gasteiger partial charge on any atom is -0.406 e. The van der Waals surface area contributed by atoms with Crippen molar-refractivity contribution in [2.45, 2.75) is 13.0 Å². The van der Waals surface area contributed by atoms with Crippen LogP contribution in [-0.4, -0.2) is 16.0 Å². The van der Waals surface area contributed by atoms with Gasteiger partial charge in [-0.2, -0.15) is 0 Å². The van der Waals surface area contributed by atoms with Gasteiger partial charge < -0.3 is 14.4 Å². The standard InChI is InChI=1S/C11H10F3NO2/c1-15-8(6-16)4-7-5-9(2-3-10(7)15)17-11(12,13)14/h2-5,16H,6H2,1H3. The second-order valence-electron chi connectivity index (χ2n) is 3.62. The third-order valence-electron chi connectivity index (χ3n) is 2.51. The Bertz CT molecular complexity index is 545. The summed E-state index contributed by atoms with van der Waals surface area (Å²) < 4.78 is 41.6. The normalized spacial score (nSPS) is 12.1. The first-order chi connectivity index (χ1) is 7.90. The Morgan fingerprint density at radius 2 is 2.00 bits per heavy atom. The fraction of sp³-hybridized carbons (Fsp3) is 0.273. The van der Waals surface area contributed by atoms with E-state index in [4.69, 9.17) is 5.11 Å². The highest BCUT2D eigenvalue weighted by molar-refractivity contribution is 5.82. The van der Waals surface area contributed by atoms with Gasteiger partial charge in [0.1, 0.15) is 5.75 Å². The van der Waals surface area contributed by atoms with Gasteiger partial charge in [0.15, 0.2) is 0 Å². The van der Waals surface area contributed by atoms with Gasteiger partial charge >= 0.3 is 6.36 Å². The lowest BCUT2D eigenvalue weighted by molar-refractivity contribution is -0.274. The molecule has 0 saturated carbocycles. The predicted molar refractivity (Wildman–Crippen MR) is 55.5 cm³/mol. The van der Waals surface area contributed by atoms with E-state index in [1.165, 1.54) is 18.2 Å². The van der Waals surface area contributed by atoms with Gasteiger partial charge in [-0.25, -0.2) is 0 Å². The molecule has 6 heteroatoms. The van der Waals surface area contributed by atoms with Crippen molar-refractivity contribution in [2.24, 2.45) is 7.05 Å². The molecule has 3 nitrogen and oxygen atoms in total. The Kier molecular flexibility index (Phi) is 2.74. The number of nitrogens with zero attached hydrogens (tertiary/aromatic N) is 1. The smallest absolute Gasteiger partial charge is 0.406 e. The monoisotopic (exact) mass is 245 g/mol. The summed E-state index contributed by atoms with van der Waals surface area (Å²) in [6.07, 6.45) is -4.69. The Morgan fingerprint density at radius 3 is 2.59 bits per heavy atom. The number of rotatable bonds is 2. The van der Waals surface area contributed by atoms with Crippen LogP contribution >= 0.6 is 0 Å². The van der Waals surface area contributed by atoms with E-state index in [1.54, 1.807) is 17.7 Å². The van der Waals surface area contributed by atoms with Crippen molar-refractivity contribution < 1.29 is 23.0 Å². The van der Waals surface area contributed by atoms with Crippen molar-refractivity contribution in [1.82, 2.24) is 4.57 Å². The molecule has 2 aromatic rings. The Morgan fingerprint density at radius 1 is 1.29 bits per heavy atom. The van der Waals surface area contributed by atoms with Crippen molar-refractivity contribution in [3.63, 3.8) is 0 Å². The zero-order valence-electron chi connectivity index (χ0n) is 8.95. The van der Waals surface area contributed by atoms with E-state index in [-0.39, 0.29) is 12.4 Å². The molecule has 92 valence electrons. The number of hydrogen-bond donors (Lipinski definition) is 1. The molecule has 0 spiro atoms. The number of halogens is 3. The number of hydrogen-bond acceptors (Lipinski definition) is 2. The summed E-state index contributed by atoms with van der Waals surface area (Å²) in [6, 6.07) is 5.69. The fourth-order valence-electron chi connectivity index (χ4n) is 1.73. The highest BCUT2D eigenvalue weighted by atomic mass is 19.4. The molecule has 1 N–H and O–H groups in total. The molecule has 0 unspecified atom stereocenters. The zero-order chi connectivity index (χ0) is 12.6. The molecule has 0 saturated heterocycles. The van der Waals surface area contributed by atoms with E-state index in [2.05, 4.69) is 4.74 Å². The van der Waals surface area contributed by atoms with Crippen LogP contribution in [0.4, 0.5) is 13.2 Å². The largest absolute Gasteiger partial charge is 0.573 e. The number of aliphatic hydroxyl groups excluding tert-OH is 1. The van der Waals surface area contributed by atoms with Crippen molar-refractivity contribution >= 4 is 10.9 Å². The molecule has 0 aliphatic carbocycles. The van der Waals surface area contributed by atoms with Gasteiger partial charge in [0.25, 0.3) is 0 Å². The quantitative estimate of drug-likeness (QED) is 0.882. The maximum absolute atomic E-state index is 12.0. The SMILES string of the molecule is Cn1c(CO)cc2cc(OC(F)(F)F)ccc21. The van der Waals surface area contributed by atoms with Gasteiger partial charge in [0.05, 0.1) is 6.61 Å². The van der Waals surface area contributed by atoms with Gasteiger partial charge in [0, 0.05) is 23.6 Å². The third kappa shape index (κ3) is 2.36. The second kappa shape index (κ2) is 3.96. The summed E-state index contributed by atoms with van der Waals surface area (Å²) in [7, 11) is 1.73. The summed E-state index contributed by atoms with van der Waals surface area (Å²) in [5, 5.41) is 9.64. The molecule has 1 heterocycles. The summed E-state index contributed by atoms with van der Waals surface area (Å²) >= 11 is 0. The minimum absolute atomic E-state index is 0.166. The van der Waals surface area contributed by atoms with Crippen molar-refractivity contribution in [1.29, 1.82) is 0 Å². The average molecular weight is 245 g/mol. The molecular formula is C11H10F3NO2. The zero-order valence-corrected chi connectivity index (χ0v) is 8.95. The van der Waals surface area contributed by atoms with E-state index in [9.17, 15) is 13.2 Å². The molecule has 0 aliphatic rings. The van der Waals surface area contributed by atoms with Crippen LogP contribution in [0.1, 0.15) is 5.69 Å². The van der Waals surface area contributed by atoms with Crippen LogP contribution in [0.2, 0.25) is 0 Å². The van der Waals surface area contributed by atoms with Crippen LogP contribution in [0.25, 0.3) is 10.9 Å². The average Bonchev–Trinajstić information content (AvgIpc) is 2.52. The van der Waals surface area contributed by atoms with Gasteiger partial charge in [-0.05, 0) is 24.3 Å². The molecule has 0 amide bonds. The number of aliphatic hydroxyl groups is 1. The molecular weight excluding hydrogens is 235 g/mol. The lowest BCUT2D eigenvalue weighted by atomic mass is 10.2. The van der Waals surface area contributed by atoms with Gasteiger partial charge in [0.2, 0.25) is 0 Å². The van der Waals surface area contributed by atoms with Crippen LogP contribution < -0.4 is 4.74 Å². The maximum Gasteiger partial charge on any atom is 0.573 e. The molecule has 0 bridgehead atoms. The minimum atomic E-state index is -4.69. The van der Waals surface area contributed by atoms with Crippen molar-refractivity contribution in [2.75, 3.05) is 0 Å². The first-order valence-corrected chi connectivity index (χ1v) is 4.85. The molecule has 1 aromatic heterocycles. The van der Waals surface area contributed by atoms with E-state index in [1.807, 2.05) is 0 Å². The fourth-order valence-corrected chi connectivity index (χ4v) is 1.73. The molecule has 2 rings (SSSR count). The number of fused-ring (bicyclic) bond motifs is 1. The van der Waals surface area contributed by atoms with Crippen LogP contribution in [0, 0.1) is 0 Å². The van der Waals surface area contributed by atoms with Crippen molar-refractivity contribution in [3.8, 4) is 5.75 Å². The number of alkyl halides is 3. The first-order valence-electron chi connectivity index (χ1n) is 4.85. The van der Waals surface area contributed by atoms with Gasteiger partial charge in [-0.1, -0.05) is 0 Å². The van der Waals surface area contributed by atoms with Gasteiger partial charge in [-0.15, -0.1) is 13.2 Å². The predicted octanol–water partition coefficient (Wildman–Crippen LogP) is 2.57. The van der Waals surface area contributed by atoms with Crippen LogP contribution in [-0.2, 0) is 13.7 Å². The highest BCUT2D eigenvalue weighted by Gasteiger charge is 2.31. The Balaban J connectivity index is 2.44. The third-order valence-corrected chi connectivity index (χ3v) is 2.51. The number of aryl methyl sites for hydroxylation is 1. The topological polar surface area (TPSA) is 34.4 Å². The maximum atomic E-state index is 12.0. The summed E-state index contributed by atoms with van der Waals surface area (Å²) in [6.45, 7) is -0.166. The summed E-state index contributed by atoms with van der Waals surface area (Å²) in [4.78, 5) is 0. The van der Waals surface area contributed by atoms with Crippen LogP contribution in [0.15, 0.2) is 24.3 Å². The Labute approximate surface area is 95.0 Å². The number of ether oxygens (including phenoxy) is 1. The van der Waals surface area contributed by atoms with Crippen LogP contribution in [0.3, 0.4) is 0 Å². The number of aromatic nitrogens is 1. The van der Waals surface area contributed by atoms with Crippen molar-refractivity contribution in [3.05, 3.63) is 30.0 Å². The lowest BCUT2D eigenvalue weighted by Crippen LogP contribution is -2.16.